The van der Waals surface area contributed by atoms with E-state index in [1.807, 2.05) is 18.7 Å². The van der Waals surface area contributed by atoms with Gasteiger partial charge in [-0.05, 0) is 13.3 Å². The van der Waals surface area contributed by atoms with E-state index in [1.54, 1.807) is 0 Å². The lowest BCUT2D eigenvalue weighted by Crippen LogP contribution is -2.17. The molecule has 1 aliphatic heterocycles. The van der Waals surface area contributed by atoms with Gasteiger partial charge >= 0.3 is 0 Å². The van der Waals surface area contributed by atoms with Crippen molar-refractivity contribution < 1.29 is 4.79 Å². The number of hydrogen-bond donors (Lipinski definition) is 0. The molecule has 2 heteroatoms. The lowest BCUT2D eigenvalue weighted by Gasteiger charge is -2.18. The van der Waals surface area contributed by atoms with Crippen LogP contribution in [-0.2, 0) is 4.79 Å². The van der Waals surface area contributed by atoms with E-state index in [9.17, 15) is 4.79 Å². The molecule has 1 atom stereocenters. The largest absolute Gasteiger partial charge is 0.300 e. The van der Waals surface area contributed by atoms with Crippen molar-refractivity contribution >= 4 is 17.5 Å². The Morgan fingerprint density at radius 2 is 2.55 bits per heavy atom. The third-order valence-electron chi connectivity index (χ3n) is 1.82. The second-order valence-corrected chi connectivity index (χ2v) is 4.20. The fourth-order valence-electron chi connectivity index (χ4n) is 1.19. The summed E-state index contributed by atoms with van der Waals surface area (Å²) < 4.78 is 0. The van der Waals surface area contributed by atoms with Crippen LogP contribution in [0.5, 0.6) is 0 Å². The standard InChI is InChI=1S/C9H14OS/c1-2-3-4-9-7-8(10)5-6-11-9/h2-3,9H,4-7H2,1H3. The van der Waals surface area contributed by atoms with Crippen LogP contribution >= 0.6 is 11.8 Å². The van der Waals surface area contributed by atoms with Crippen molar-refractivity contribution in [1.29, 1.82) is 0 Å². The third kappa shape index (κ3) is 3.10. The van der Waals surface area contributed by atoms with E-state index < -0.39 is 0 Å². The molecule has 0 aliphatic carbocycles. The molecule has 1 fully saturated rings. The Bertz CT molecular complexity index is 163. The Hall–Kier alpha value is -0.240. The van der Waals surface area contributed by atoms with Crippen LogP contribution in [0.15, 0.2) is 12.2 Å². The topological polar surface area (TPSA) is 17.1 Å². The van der Waals surface area contributed by atoms with Crippen molar-refractivity contribution in [2.45, 2.75) is 31.4 Å². The lowest BCUT2D eigenvalue weighted by atomic mass is 10.1. The monoisotopic (exact) mass is 170 g/mol. The van der Waals surface area contributed by atoms with Crippen molar-refractivity contribution in [3.63, 3.8) is 0 Å². The van der Waals surface area contributed by atoms with Crippen molar-refractivity contribution in [2.24, 2.45) is 0 Å². The molecule has 1 saturated heterocycles. The summed E-state index contributed by atoms with van der Waals surface area (Å²) in [7, 11) is 0. The molecule has 0 bridgehead atoms. The lowest BCUT2D eigenvalue weighted by molar-refractivity contribution is -0.118. The number of allylic oxidation sites excluding steroid dienone is 2. The van der Waals surface area contributed by atoms with Gasteiger partial charge < -0.3 is 0 Å². The summed E-state index contributed by atoms with van der Waals surface area (Å²) in [4.78, 5) is 11.0. The molecule has 0 radical (unpaired) electrons. The van der Waals surface area contributed by atoms with Crippen LogP contribution in [0, 0.1) is 0 Å². The van der Waals surface area contributed by atoms with E-state index in [0.29, 0.717) is 11.0 Å². The van der Waals surface area contributed by atoms with Crippen molar-refractivity contribution in [3.05, 3.63) is 12.2 Å². The summed E-state index contributed by atoms with van der Waals surface area (Å²) in [5.41, 5.74) is 0. The van der Waals surface area contributed by atoms with Crippen molar-refractivity contribution in [1.82, 2.24) is 0 Å². The van der Waals surface area contributed by atoms with Crippen molar-refractivity contribution in [2.75, 3.05) is 5.75 Å². The van der Waals surface area contributed by atoms with Gasteiger partial charge in [-0.25, -0.2) is 0 Å². The van der Waals surface area contributed by atoms with Gasteiger partial charge in [0.1, 0.15) is 5.78 Å². The van der Waals surface area contributed by atoms with E-state index in [2.05, 4.69) is 12.2 Å². The molecule has 1 nitrogen and oxygen atoms in total. The van der Waals surface area contributed by atoms with Gasteiger partial charge in [0.15, 0.2) is 0 Å². The van der Waals surface area contributed by atoms with Gasteiger partial charge in [-0.15, -0.1) is 0 Å². The second kappa shape index (κ2) is 4.60. The predicted octanol–water partition coefficient (Wildman–Crippen LogP) is 2.42. The van der Waals surface area contributed by atoms with Crippen LogP contribution in [0.3, 0.4) is 0 Å². The van der Waals surface area contributed by atoms with Gasteiger partial charge in [-0.2, -0.15) is 11.8 Å². The second-order valence-electron chi connectivity index (χ2n) is 2.79. The Morgan fingerprint density at radius 3 is 3.18 bits per heavy atom. The van der Waals surface area contributed by atoms with Gasteiger partial charge in [0, 0.05) is 23.8 Å². The number of carbonyl (C=O) groups excluding carboxylic acids is 1. The molecule has 11 heavy (non-hydrogen) atoms. The minimum Gasteiger partial charge on any atom is -0.300 e. The highest BCUT2D eigenvalue weighted by atomic mass is 32.2. The van der Waals surface area contributed by atoms with E-state index in [4.69, 9.17) is 0 Å². The fraction of sp³-hybridized carbons (Fsp3) is 0.667. The Kier molecular flexibility index (Phi) is 3.70. The maximum Gasteiger partial charge on any atom is 0.134 e. The average molecular weight is 170 g/mol. The number of carbonyl (C=O) groups is 1. The normalized spacial score (nSPS) is 26.3. The van der Waals surface area contributed by atoms with Gasteiger partial charge in [0.05, 0.1) is 0 Å². The van der Waals surface area contributed by atoms with Gasteiger partial charge in [-0.1, -0.05) is 12.2 Å². The molecule has 0 amide bonds. The van der Waals surface area contributed by atoms with Crippen LogP contribution in [0.1, 0.15) is 26.2 Å². The quantitative estimate of drug-likeness (QED) is 0.592. The number of hydrogen-bond acceptors (Lipinski definition) is 2. The minimum absolute atomic E-state index is 0.443. The van der Waals surface area contributed by atoms with Crippen LogP contribution in [0.4, 0.5) is 0 Å². The molecule has 0 spiro atoms. The maximum absolute atomic E-state index is 11.0. The molecule has 1 rings (SSSR count). The highest BCUT2D eigenvalue weighted by Gasteiger charge is 2.18. The molecule has 1 aliphatic rings. The summed E-state index contributed by atoms with van der Waals surface area (Å²) in [6, 6.07) is 0. The molecule has 1 unspecified atom stereocenters. The van der Waals surface area contributed by atoms with Crippen LogP contribution in [0.2, 0.25) is 0 Å². The van der Waals surface area contributed by atoms with E-state index >= 15 is 0 Å². The van der Waals surface area contributed by atoms with Gasteiger partial charge in [0.2, 0.25) is 0 Å². The molecule has 1 heterocycles. The SMILES string of the molecule is CC=CCC1CC(=O)CCS1. The molecule has 0 aromatic rings. The molecular formula is C9H14OS. The highest BCUT2D eigenvalue weighted by molar-refractivity contribution is 8.00. The first kappa shape index (κ1) is 8.85. The van der Waals surface area contributed by atoms with E-state index in [0.717, 1.165) is 25.0 Å². The van der Waals surface area contributed by atoms with E-state index in [1.165, 1.54) is 0 Å². The fourth-order valence-corrected chi connectivity index (χ4v) is 2.42. The average Bonchev–Trinajstić information content (AvgIpc) is 2.01. The summed E-state index contributed by atoms with van der Waals surface area (Å²) in [5, 5.41) is 0.562. The van der Waals surface area contributed by atoms with Crippen molar-refractivity contribution in [3.8, 4) is 0 Å². The molecule has 0 aromatic carbocycles. The number of ketones is 1. The zero-order valence-corrected chi connectivity index (χ0v) is 7.69. The summed E-state index contributed by atoms with van der Waals surface area (Å²) in [5.74, 6) is 1.47. The zero-order chi connectivity index (χ0) is 8.10. The van der Waals surface area contributed by atoms with Gasteiger partial charge in [0.25, 0.3) is 0 Å². The summed E-state index contributed by atoms with van der Waals surface area (Å²) >= 11 is 1.93. The van der Waals surface area contributed by atoms with Crippen LogP contribution in [-0.4, -0.2) is 16.8 Å². The number of Topliss-reactive ketones (excluding diaryl/α,β-unsaturated/α-hetero) is 1. The number of thioether (sulfide) groups is 1. The molecular weight excluding hydrogens is 156 g/mol. The smallest absolute Gasteiger partial charge is 0.134 e. The van der Waals surface area contributed by atoms with Crippen LogP contribution < -0.4 is 0 Å². The highest BCUT2D eigenvalue weighted by Crippen LogP contribution is 2.25. The first-order chi connectivity index (χ1) is 5.33. The summed E-state index contributed by atoms with van der Waals surface area (Å²) in [6.07, 6.45) is 6.84. The van der Waals surface area contributed by atoms with Gasteiger partial charge in [-0.3, -0.25) is 4.79 Å². The Balaban J connectivity index is 2.28. The molecule has 0 saturated carbocycles. The number of rotatable bonds is 2. The molecule has 0 aromatic heterocycles. The van der Waals surface area contributed by atoms with E-state index in [-0.39, 0.29) is 0 Å². The molecule has 0 N–H and O–H groups in total. The third-order valence-corrected chi connectivity index (χ3v) is 3.09. The Labute approximate surface area is 72.2 Å². The zero-order valence-electron chi connectivity index (χ0n) is 6.88. The Morgan fingerprint density at radius 1 is 1.73 bits per heavy atom. The first-order valence-corrected chi connectivity index (χ1v) is 5.12. The maximum atomic E-state index is 11.0. The predicted molar refractivity (Wildman–Crippen MR) is 49.9 cm³/mol. The minimum atomic E-state index is 0.443. The summed E-state index contributed by atoms with van der Waals surface area (Å²) in [6.45, 7) is 2.02. The first-order valence-electron chi connectivity index (χ1n) is 4.07. The molecule has 62 valence electrons. The van der Waals surface area contributed by atoms with Crippen LogP contribution in [0.25, 0.3) is 0 Å².